The molecule has 0 aliphatic heterocycles. The van der Waals surface area contributed by atoms with E-state index in [4.69, 9.17) is 15.0 Å². The molecule has 0 radical (unpaired) electrons. The van der Waals surface area contributed by atoms with Crippen molar-refractivity contribution in [3.63, 3.8) is 0 Å². The van der Waals surface area contributed by atoms with Gasteiger partial charge in [-0.3, -0.25) is 4.79 Å². The van der Waals surface area contributed by atoms with Crippen molar-refractivity contribution in [2.45, 2.75) is 19.8 Å². The molecular weight excluding hydrogens is 250 g/mol. The van der Waals surface area contributed by atoms with Crippen molar-refractivity contribution in [2.24, 2.45) is 5.11 Å². The summed E-state index contributed by atoms with van der Waals surface area (Å²) in [7, 11) is 1.40. The molecule has 0 heterocycles. The second-order valence-corrected chi connectivity index (χ2v) is 3.62. The van der Waals surface area contributed by atoms with Crippen LogP contribution in [-0.2, 0) is 16.0 Å². The molecule has 0 fully saturated rings. The largest absolute Gasteiger partial charge is 0.504 e. The molecule has 0 saturated carbocycles. The van der Waals surface area contributed by atoms with Gasteiger partial charge in [0.15, 0.2) is 11.5 Å². The zero-order chi connectivity index (χ0) is 14.3. The van der Waals surface area contributed by atoms with E-state index in [1.54, 1.807) is 19.1 Å². The van der Waals surface area contributed by atoms with Crippen LogP contribution in [0.3, 0.4) is 0 Å². The quantitative estimate of drug-likeness (QED) is 0.369. The van der Waals surface area contributed by atoms with Crippen molar-refractivity contribution in [2.75, 3.05) is 13.7 Å². The van der Waals surface area contributed by atoms with Crippen molar-refractivity contribution in [3.8, 4) is 11.5 Å². The van der Waals surface area contributed by atoms with E-state index in [0.29, 0.717) is 18.6 Å². The molecule has 19 heavy (non-hydrogen) atoms. The summed E-state index contributed by atoms with van der Waals surface area (Å²) in [5.74, 6) is -0.367. The first-order chi connectivity index (χ1) is 9.13. The van der Waals surface area contributed by atoms with Gasteiger partial charge in [-0.25, -0.2) is 0 Å². The van der Waals surface area contributed by atoms with Crippen LogP contribution in [-0.4, -0.2) is 24.8 Å². The third-order valence-corrected chi connectivity index (χ3v) is 2.47. The van der Waals surface area contributed by atoms with Crippen LogP contribution in [0, 0.1) is 0 Å². The number of carbonyl (C=O) groups is 1. The van der Waals surface area contributed by atoms with Crippen LogP contribution in [0.25, 0.3) is 10.4 Å². The molecule has 1 aromatic carbocycles. The van der Waals surface area contributed by atoms with E-state index in [2.05, 4.69) is 10.0 Å². The number of hydrogen-bond acceptors (Lipinski definition) is 5. The molecule has 0 aliphatic rings. The Labute approximate surface area is 110 Å². The molecule has 7 nitrogen and oxygen atoms in total. The van der Waals surface area contributed by atoms with Gasteiger partial charge >= 0.3 is 5.97 Å². The predicted molar refractivity (Wildman–Crippen MR) is 68.4 cm³/mol. The molecule has 102 valence electrons. The number of azide groups is 1. The molecule has 0 amide bonds. The van der Waals surface area contributed by atoms with Gasteiger partial charge in [0.2, 0.25) is 0 Å². The SMILES string of the molecule is CCOC(=O)CCc1ccc(OC)c(O)c1N=[N+]=[N-]. The number of phenols is 1. The summed E-state index contributed by atoms with van der Waals surface area (Å²) < 4.78 is 9.74. The van der Waals surface area contributed by atoms with Gasteiger partial charge in [0.25, 0.3) is 0 Å². The number of aryl methyl sites for hydroxylation is 1. The first kappa shape index (κ1) is 14.7. The monoisotopic (exact) mass is 265 g/mol. The molecular formula is C12H15N3O4. The standard InChI is InChI=1S/C12H15N3O4/c1-3-19-10(16)7-5-8-4-6-9(18-2)12(17)11(8)14-15-13/h4,6,17H,3,5,7H2,1-2H3. The lowest BCUT2D eigenvalue weighted by molar-refractivity contribution is -0.143. The van der Waals surface area contributed by atoms with E-state index in [-0.39, 0.29) is 29.6 Å². The van der Waals surface area contributed by atoms with Crippen molar-refractivity contribution in [3.05, 3.63) is 28.1 Å². The molecule has 1 aromatic rings. The summed E-state index contributed by atoms with van der Waals surface area (Å²) in [5, 5.41) is 13.3. The number of aromatic hydroxyl groups is 1. The number of ether oxygens (including phenoxy) is 2. The summed E-state index contributed by atoms with van der Waals surface area (Å²) in [6.45, 7) is 2.04. The molecule has 7 heteroatoms. The fourth-order valence-corrected chi connectivity index (χ4v) is 1.60. The normalized spacial score (nSPS) is 9.58. The summed E-state index contributed by atoms with van der Waals surface area (Å²) >= 11 is 0. The summed E-state index contributed by atoms with van der Waals surface area (Å²) in [6.07, 6.45) is 0.457. The fraction of sp³-hybridized carbons (Fsp3) is 0.417. The fourth-order valence-electron chi connectivity index (χ4n) is 1.60. The average molecular weight is 265 g/mol. The Hall–Kier alpha value is -2.40. The Morgan fingerprint density at radius 2 is 2.26 bits per heavy atom. The highest BCUT2D eigenvalue weighted by Gasteiger charge is 2.13. The van der Waals surface area contributed by atoms with E-state index in [1.165, 1.54) is 7.11 Å². The maximum atomic E-state index is 11.3. The lowest BCUT2D eigenvalue weighted by Gasteiger charge is -2.10. The Kier molecular flexibility index (Phi) is 5.50. The molecule has 0 spiro atoms. The predicted octanol–water partition coefficient (Wildman–Crippen LogP) is 2.84. The smallest absolute Gasteiger partial charge is 0.306 e. The summed E-state index contributed by atoms with van der Waals surface area (Å²) in [5.41, 5.74) is 9.14. The van der Waals surface area contributed by atoms with Gasteiger partial charge in [0, 0.05) is 11.3 Å². The molecule has 0 aromatic heterocycles. The highest BCUT2D eigenvalue weighted by molar-refractivity contribution is 5.71. The minimum Gasteiger partial charge on any atom is -0.504 e. The molecule has 0 bridgehead atoms. The van der Waals surface area contributed by atoms with E-state index < -0.39 is 0 Å². The second-order valence-electron chi connectivity index (χ2n) is 3.62. The summed E-state index contributed by atoms with van der Waals surface area (Å²) in [6, 6.07) is 3.19. The van der Waals surface area contributed by atoms with Gasteiger partial charge in [0.1, 0.15) is 0 Å². The number of esters is 1. The minimum atomic E-state index is -0.343. The topological polar surface area (TPSA) is 105 Å². The van der Waals surface area contributed by atoms with Crippen LogP contribution in [0.5, 0.6) is 11.5 Å². The van der Waals surface area contributed by atoms with E-state index in [9.17, 15) is 9.90 Å². The second kappa shape index (κ2) is 7.13. The van der Waals surface area contributed by atoms with Gasteiger partial charge in [-0.1, -0.05) is 11.2 Å². The number of benzene rings is 1. The number of carbonyl (C=O) groups excluding carboxylic acids is 1. The Morgan fingerprint density at radius 3 is 2.84 bits per heavy atom. The van der Waals surface area contributed by atoms with E-state index >= 15 is 0 Å². The van der Waals surface area contributed by atoms with Crippen molar-refractivity contribution in [1.29, 1.82) is 0 Å². The molecule has 1 N–H and O–H groups in total. The van der Waals surface area contributed by atoms with Crippen LogP contribution >= 0.6 is 0 Å². The minimum absolute atomic E-state index is 0.0751. The third-order valence-electron chi connectivity index (χ3n) is 2.47. The van der Waals surface area contributed by atoms with Crippen LogP contribution in [0.1, 0.15) is 18.9 Å². The Morgan fingerprint density at radius 1 is 1.53 bits per heavy atom. The molecule has 1 rings (SSSR count). The van der Waals surface area contributed by atoms with Crippen molar-refractivity contribution < 1.29 is 19.4 Å². The number of methoxy groups -OCH3 is 1. The van der Waals surface area contributed by atoms with Gasteiger partial charge in [-0.2, -0.15) is 0 Å². The van der Waals surface area contributed by atoms with Gasteiger partial charge < -0.3 is 14.6 Å². The third kappa shape index (κ3) is 3.79. The lowest BCUT2D eigenvalue weighted by atomic mass is 10.1. The maximum absolute atomic E-state index is 11.3. The highest BCUT2D eigenvalue weighted by Crippen LogP contribution is 2.39. The first-order valence-electron chi connectivity index (χ1n) is 5.73. The molecule has 0 unspecified atom stereocenters. The van der Waals surface area contributed by atoms with Crippen molar-refractivity contribution >= 4 is 11.7 Å². The van der Waals surface area contributed by atoms with E-state index in [1.807, 2.05) is 0 Å². The maximum Gasteiger partial charge on any atom is 0.306 e. The Balaban J connectivity index is 2.97. The van der Waals surface area contributed by atoms with Crippen LogP contribution < -0.4 is 4.74 Å². The van der Waals surface area contributed by atoms with Crippen LogP contribution in [0.2, 0.25) is 0 Å². The summed E-state index contributed by atoms with van der Waals surface area (Å²) in [4.78, 5) is 13.9. The Bertz CT molecular complexity index is 510. The van der Waals surface area contributed by atoms with Crippen molar-refractivity contribution in [1.82, 2.24) is 0 Å². The van der Waals surface area contributed by atoms with Gasteiger partial charge in [-0.05, 0) is 30.5 Å². The molecule has 0 aliphatic carbocycles. The number of rotatable bonds is 6. The first-order valence-corrected chi connectivity index (χ1v) is 5.73. The van der Waals surface area contributed by atoms with Gasteiger partial charge in [0.05, 0.1) is 19.4 Å². The van der Waals surface area contributed by atoms with Crippen LogP contribution in [0.15, 0.2) is 17.2 Å². The number of phenolic OH excluding ortho intramolecular Hbond substituents is 1. The zero-order valence-corrected chi connectivity index (χ0v) is 10.8. The molecule has 0 atom stereocenters. The average Bonchev–Trinajstić information content (AvgIpc) is 2.40. The van der Waals surface area contributed by atoms with Gasteiger partial charge in [-0.15, -0.1) is 0 Å². The van der Waals surface area contributed by atoms with E-state index in [0.717, 1.165) is 0 Å². The zero-order valence-electron chi connectivity index (χ0n) is 10.8. The lowest BCUT2D eigenvalue weighted by Crippen LogP contribution is -2.05. The number of nitrogens with zero attached hydrogens (tertiary/aromatic N) is 3. The molecule has 0 saturated heterocycles. The number of hydrogen-bond donors (Lipinski definition) is 1. The highest BCUT2D eigenvalue weighted by atomic mass is 16.5. The van der Waals surface area contributed by atoms with Crippen LogP contribution in [0.4, 0.5) is 5.69 Å².